The lowest BCUT2D eigenvalue weighted by Crippen LogP contribution is -2.75. The zero-order chi connectivity index (χ0) is 20.8. The number of carbonyl (C=O) groups excluding carboxylic acids is 2. The van der Waals surface area contributed by atoms with Gasteiger partial charge in [-0.1, -0.05) is 23.4 Å². The molecule has 0 aliphatic carbocycles. The van der Waals surface area contributed by atoms with Gasteiger partial charge in [-0.2, -0.15) is 5.26 Å². The first-order valence-corrected chi connectivity index (χ1v) is 11.3. The fraction of sp³-hybridized carbons (Fsp3) is 0.450. The summed E-state index contributed by atoms with van der Waals surface area (Å²) in [5, 5.41) is 10.1. The Bertz CT molecular complexity index is 1040. The molecule has 150 valence electrons. The van der Waals surface area contributed by atoms with Gasteiger partial charge < -0.3 is 19.3 Å². The lowest BCUT2D eigenvalue weighted by molar-refractivity contribution is -0.163. The Hall–Kier alpha value is -2.31. The van der Waals surface area contributed by atoms with Crippen LogP contribution in [-0.4, -0.2) is 45.2 Å². The van der Waals surface area contributed by atoms with Crippen LogP contribution in [0.5, 0.6) is 11.5 Å². The number of ether oxygens (including phenoxy) is 2. The fourth-order valence-corrected chi connectivity index (χ4v) is 8.90. The van der Waals surface area contributed by atoms with Gasteiger partial charge in [-0.3, -0.25) is 9.59 Å². The quantitative estimate of drug-likeness (QED) is 0.528. The number of amides is 2. The molecule has 5 aliphatic heterocycles. The van der Waals surface area contributed by atoms with Crippen LogP contribution in [0.25, 0.3) is 0 Å². The third-order valence-electron chi connectivity index (χ3n) is 6.32. The second-order valence-corrected chi connectivity index (χ2v) is 10.7. The highest BCUT2D eigenvalue weighted by molar-refractivity contribution is 8.78. The van der Waals surface area contributed by atoms with Gasteiger partial charge in [0, 0.05) is 13.5 Å². The number of nitrogens with zero attached hydrogens (tertiary/aromatic N) is 3. The molecule has 1 aromatic carbocycles. The molecule has 29 heavy (non-hydrogen) atoms. The number of rotatable bonds is 2. The SMILES string of the molecule is C=C(C)[C@@]12SSC3(C[C@@](C)(C#N)[C@@H](c4ccc5c(c4)OCO5)N3C1=O)C(=O)N2C. The van der Waals surface area contributed by atoms with Crippen molar-refractivity contribution in [3.63, 3.8) is 0 Å². The molecule has 0 N–H and O–H groups in total. The molecule has 2 bridgehead atoms. The largest absolute Gasteiger partial charge is 0.454 e. The monoisotopic (exact) mass is 429 g/mol. The average Bonchev–Trinajstić information content (AvgIpc) is 3.26. The van der Waals surface area contributed by atoms with E-state index in [1.807, 2.05) is 19.1 Å². The molecule has 4 atom stereocenters. The molecule has 4 saturated heterocycles. The highest BCUT2D eigenvalue weighted by Crippen LogP contribution is 2.70. The summed E-state index contributed by atoms with van der Waals surface area (Å²) in [4.78, 5) is 28.3. The van der Waals surface area contributed by atoms with E-state index in [-0.39, 0.29) is 25.0 Å². The Labute approximate surface area is 176 Å². The molecule has 0 saturated carbocycles. The lowest BCUT2D eigenvalue weighted by atomic mass is 9.79. The summed E-state index contributed by atoms with van der Waals surface area (Å²) in [5.74, 6) is 0.857. The topological polar surface area (TPSA) is 82.9 Å². The Balaban J connectivity index is 1.72. The maximum Gasteiger partial charge on any atom is 0.266 e. The van der Waals surface area contributed by atoms with Crippen LogP contribution in [-0.2, 0) is 9.59 Å². The molecule has 7 nitrogen and oxygen atoms in total. The third-order valence-corrected chi connectivity index (χ3v) is 10.0. The van der Waals surface area contributed by atoms with E-state index in [1.165, 1.54) is 26.5 Å². The van der Waals surface area contributed by atoms with Crippen LogP contribution in [0, 0.1) is 16.7 Å². The summed E-state index contributed by atoms with van der Waals surface area (Å²) in [7, 11) is 4.39. The first-order valence-electron chi connectivity index (χ1n) is 9.17. The number of nitriles is 1. The molecule has 2 amide bonds. The van der Waals surface area contributed by atoms with Crippen LogP contribution in [0.15, 0.2) is 30.4 Å². The minimum atomic E-state index is -1.17. The molecule has 9 heteroatoms. The zero-order valence-corrected chi connectivity index (χ0v) is 17.9. The number of fused-ring (bicyclic) bond motifs is 3. The predicted molar refractivity (Wildman–Crippen MR) is 109 cm³/mol. The lowest BCUT2D eigenvalue weighted by Gasteiger charge is -2.58. The van der Waals surface area contributed by atoms with E-state index < -0.39 is 21.2 Å². The van der Waals surface area contributed by atoms with Crippen molar-refractivity contribution in [1.82, 2.24) is 9.80 Å². The zero-order valence-electron chi connectivity index (χ0n) is 16.2. The van der Waals surface area contributed by atoms with Crippen LogP contribution >= 0.6 is 21.6 Å². The van der Waals surface area contributed by atoms with Crippen molar-refractivity contribution < 1.29 is 19.1 Å². The number of benzene rings is 1. The van der Waals surface area contributed by atoms with Crippen LogP contribution in [0.3, 0.4) is 0 Å². The van der Waals surface area contributed by atoms with Gasteiger partial charge >= 0.3 is 0 Å². The van der Waals surface area contributed by atoms with Crippen molar-refractivity contribution in [3.8, 4) is 17.6 Å². The highest BCUT2D eigenvalue weighted by Gasteiger charge is 2.76. The van der Waals surface area contributed by atoms with E-state index in [0.29, 0.717) is 17.1 Å². The molecule has 1 spiro atoms. The predicted octanol–water partition coefficient (Wildman–Crippen LogP) is 3.05. The summed E-state index contributed by atoms with van der Waals surface area (Å²) in [6.45, 7) is 7.74. The number of piperazine rings is 1. The summed E-state index contributed by atoms with van der Waals surface area (Å²) in [6, 6.07) is 7.28. The minimum absolute atomic E-state index is 0.139. The van der Waals surface area contributed by atoms with Gasteiger partial charge in [0.1, 0.15) is 0 Å². The number of carbonyl (C=O) groups is 2. The fourth-order valence-electron chi connectivity index (χ4n) is 4.91. The van der Waals surface area contributed by atoms with Gasteiger partial charge in [-0.15, -0.1) is 0 Å². The summed E-state index contributed by atoms with van der Waals surface area (Å²) in [5.41, 5.74) is 0.413. The van der Waals surface area contributed by atoms with Gasteiger partial charge in [-0.25, -0.2) is 0 Å². The molecular formula is C20H19N3O4S2. The highest BCUT2D eigenvalue weighted by atomic mass is 33.1. The van der Waals surface area contributed by atoms with Crippen molar-refractivity contribution in [2.45, 2.75) is 36.1 Å². The Morgan fingerprint density at radius 3 is 2.69 bits per heavy atom. The van der Waals surface area contributed by atoms with E-state index in [1.54, 1.807) is 24.9 Å². The van der Waals surface area contributed by atoms with Crippen molar-refractivity contribution in [3.05, 3.63) is 35.9 Å². The molecule has 1 aromatic rings. The Morgan fingerprint density at radius 1 is 1.28 bits per heavy atom. The number of hydrogen-bond acceptors (Lipinski definition) is 7. The Kier molecular flexibility index (Phi) is 3.64. The van der Waals surface area contributed by atoms with Crippen LogP contribution < -0.4 is 9.47 Å². The maximum atomic E-state index is 13.9. The normalized spacial score (nSPS) is 37.0. The van der Waals surface area contributed by atoms with Gasteiger partial charge in [0.15, 0.2) is 21.2 Å². The maximum absolute atomic E-state index is 13.9. The molecule has 0 radical (unpaired) electrons. The second kappa shape index (κ2) is 5.64. The van der Waals surface area contributed by atoms with Gasteiger partial charge in [-0.05, 0) is 47.9 Å². The van der Waals surface area contributed by atoms with Crippen LogP contribution in [0.1, 0.15) is 31.9 Å². The molecule has 0 aromatic heterocycles. The summed E-state index contributed by atoms with van der Waals surface area (Å²) in [6.07, 6.45) is 0.258. The van der Waals surface area contributed by atoms with E-state index in [0.717, 1.165) is 5.56 Å². The number of likely N-dealkylation sites (N-methyl/N-ethyl adjacent to an activating group) is 1. The molecule has 4 fully saturated rings. The van der Waals surface area contributed by atoms with Gasteiger partial charge in [0.25, 0.3) is 11.8 Å². The molecule has 5 heterocycles. The first kappa shape index (κ1) is 18.7. The van der Waals surface area contributed by atoms with E-state index in [9.17, 15) is 14.9 Å². The average molecular weight is 430 g/mol. The van der Waals surface area contributed by atoms with Crippen LogP contribution in [0.2, 0.25) is 0 Å². The van der Waals surface area contributed by atoms with Crippen molar-refractivity contribution in [2.24, 2.45) is 5.41 Å². The van der Waals surface area contributed by atoms with Crippen molar-refractivity contribution in [1.29, 1.82) is 5.26 Å². The molecule has 5 aliphatic rings. The van der Waals surface area contributed by atoms with E-state index in [2.05, 4.69) is 12.6 Å². The molecular weight excluding hydrogens is 410 g/mol. The standard InChI is InChI=1S/C20H19N3O4S2/c1-11(2)20-17(25)23-15(12-5-6-13-14(7-12)27-10-26-13)18(3,9-21)8-19(23,28-29-20)16(24)22(20)4/h5-7,15H,1,8,10H2,2-4H3/t15-,18+,19?,20-/m1/s1. The van der Waals surface area contributed by atoms with Crippen molar-refractivity contribution >= 4 is 33.4 Å². The smallest absolute Gasteiger partial charge is 0.266 e. The van der Waals surface area contributed by atoms with Crippen molar-refractivity contribution in [2.75, 3.05) is 13.8 Å². The van der Waals surface area contributed by atoms with Gasteiger partial charge in [0.2, 0.25) is 6.79 Å². The summed E-state index contributed by atoms with van der Waals surface area (Å²) < 4.78 is 10.9. The third kappa shape index (κ3) is 2.01. The summed E-state index contributed by atoms with van der Waals surface area (Å²) >= 11 is 0. The van der Waals surface area contributed by atoms with Gasteiger partial charge in [0.05, 0.1) is 17.5 Å². The Morgan fingerprint density at radius 2 is 2.00 bits per heavy atom. The molecule has 1 unspecified atom stereocenters. The minimum Gasteiger partial charge on any atom is -0.454 e. The van der Waals surface area contributed by atoms with E-state index in [4.69, 9.17) is 9.47 Å². The first-order chi connectivity index (χ1) is 13.7. The second-order valence-electron chi connectivity index (χ2n) is 8.14. The van der Waals surface area contributed by atoms with Crippen LogP contribution in [0.4, 0.5) is 0 Å². The number of hydrogen-bond donors (Lipinski definition) is 0. The van der Waals surface area contributed by atoms with E-state index >= 15 is 0 Å². The molecule has 6 rings (SSSR count).